The van der Waals surface area contributed by atoms with Crippen LogP contribution in [0.5, 0.6) is 0 Å². The second-order valence-electron chi connectivity index (χ2n) is 1.66. The van der Waals surface area contributed by atoms with Crippen LogP contribution in [0.25, 0.3) is 0 Å². The Morgan fingerprint density at radius 2 is 2.44 bits per heavy atom. The molecule has 1 rings (SSSR count). The highest BCUT2D eigenvalue weighted by atomic mass is 35.5. The van der Waals surface area contributed by atoms with Crippen molar-refractivity contribution in [2.24, 2.45) is 7.05 Å². The van der Waals surface area contributed by atoms with Crippen LogP contribution < -0.4 is 5.56 Å². The van der Waals surface area contributed by atoms with Crippen LogP contribution >= 0.6 is 11.6 Å². The number of aromatic nitrogens is 2. The van der Waals surface area contributed by atoms with E-state index in [0.29, 0.717) is 0 Å². The van der Waals surface area contributed by atoms with Gasteiger partial charge in [-0.1, -0.05) is 11.6 Å². The monoisotopic (exact) mass is 144 g/mol. The van der Waals surface area contributed by atoms with Gasteiger partial charge in [0, 0.05) is 13.1 Å². The summed E-state index contributed by atoms with van der Waals surface area (Å²) in [6, 6.07) is 1.27. The SMILES string of the molecule is Cn1cnc(Cl)cc1=O. The van der Waals surface area contributed by atoms with E-state index in [-0.39, 0.29) is 10.7 Å². The average Bonchev–Trinajstić information content (AvgIpc) is 1.80. The molecule has 0 radical (unpaired) electrons. The quantitative estimate of drug-likeness (QED) is 0.495. The van der Waals surface area contributed by atoms with Crippen LogP contribution in [0.3, 0.4) is 0 Å². The second kappa shape index (κ2) is 2.19. The van der Waals surface area contributed by atoms with Gasteiger partial charge in [0.1, 0.15) is 5.15 Å². The summed E-state index contributed by atoms with van der Waals surface area (Å²) >= 11 is 5.39. The number of hydrogen-bond donors (Lipinski definition) is 0. The Hall–Kier alpha value is -0.830. The molecule has 9 heavy (non-hydrogen) atoms. The van der Waals surface area contributed by atoms with Crippen molar-refractivity contribution in [3.8, 4) is 0 Å². The Balaban J connectivity index is 3.34. The Kier molecular flexibility index (Phi) is 1.53. The fourth-order valence-electron chi connectivity index (χ4n) is 0.440. The van der Waals surface area contributed by atoms with Crippen molar-refractivity contribution in [1.29, 1.82) is 0 Å². The summed E-state index contributed by atoms with van der Waals surface area (Å²) in [6.45, 7) is 0. The van der Waals surface area contributed by atoms with Crippen molar-refractivity contribution in [2.75, 3.05) is 0 Å². The third kappa shape index (κ3) is 1.29. The molecule has 0 saturated heterocycles. The maximum Gasteiger partial charge on any atom is 0.254 e. The van der Waals surface area contributed by atoms with E-state index in [4.69, 9.17) is 11.6 Å². The van der Waals surface area contributed by atoms with E-state index >= 15 is 0 Å². The Labute approximate surface area is 56.9 Å². The van der Waals surface area contributed by atoms with Crippen LogP contribution in [-0.4, -0.2) is 9.55 Å². The highest BCUT2D eigenvalue weighted by Gasteiger charge is 1.89. The molecule has 0 amide bonds. The Morgan fingerprint density at radius 1 is 1.78 bits per heavy atom. The first-order chi connectivity index (χ1) is 4.20. The largest absolute Gasteiger partial charge is 0.302 e. The molecule has 0 bridgehead atoms. The molecule has 48 valence electrons. The van der Waals surface area contributed by atoms with Crippen molar-refractivity contribution in [3.05, 3.63) is 27.9 Å². The zero-order chi connectivity index (χ0) is 6.85. The zero-order valence-corrected chi connectivity index (χ0v) is 5.59. The Bertz CT molecular complexity index is 268. The molecule has 3 nitrogen and oxygen atoms in total. The fourth-order valence-corrected chi connectivity index (χ4v) is 0.577. The number of nitrogens with zero attached hydrogens (tertiary/aromatic N) is 2. The van der Waals surface area contributed by atoms with Crippen LogP contribution in [0, 0.1) is 0 Å². The van der Waals surface area contributed by atoms with Gasteiger partial charge in [0.15, 0.2) is 0 Å². The van der Waals surface area contributed by atoms with Gasteiger partial charge >= 0.3 is 0 Å². The van der Waals surface area contributed by atoms with Crippen molar-refractivity contribution in [3.63, 3.8) is 0 Å². The standard InChI is InChI=1S/C5H5ClN2O/c1-8-3-7-4(6)2-5(8)9/h2-3H,1H3. The molecular formula is C5H5ClN2O. The van der Waals surface area contributed by atoms with Gasteiger partial charge in [-0.3, -0.25) is 4.79 Å². The highest BCUT2D eigenvalue weighted by Crippen LogP contribution is 1.94. The van der Waals surface area contributed by atoms with E-state index in [0.717, 1.165) is 0 Å². The summed E-state index contributed by atoms with van der Waals surface area (Å²) in [7, 11) is 1.62. The minimum absolute atomic E-state index is 0.144. The van der Waals surface area contributed by atoms with Crippen LogP contribution in [0.1, 0.15) is 0 Å². The van der Waals surface area contributed by atoms with Gasteiger partial charge in [-0.15, -0.1) is 0 Å². The molecule has 0 aliphatic rings. The predicted octanol–water partition coefficient (Wildman–Crippen LogP) is 0.434. The summed E-state index contributed by atoms with van der Waals surface area (Å²) in [5.41, 5.74) is -0.144. The normalized spacial score (nSPS) is 9.56. The number of hydrogen-bond acceptors (Lipinski definition) is 2. The number of aryl methyl sites for hydroxylation is 1. The molecule has 0 aromatic carbocycles. The summed E-state index contributed by atoms with van der Waals surface area (Å²) < 4.78 is 1.35. The van der Waals surface area contributed by atoms with Crippen molar-refractivity contribution in [2.45, 2.75) is 0 Å². The molecule has 0 spiro atoms. The van der Waals surface area contributed by atoms with Crippen molar-refractivity contribution in [1.82, 2.24) is 9.55 Å². The van der Waals surface area contributed by atoms with E-state index in [1.165, 1.54) is 17.0 Å². The summed E-state index contributed by atoms with van der Waals surface area (Å²) in [6.07, 6.45) is 1.38. The zero-order valence-electron chi connectivity index (χ0n) is 4.84. The van der Waals surface area contributed by atoms with Crippen LogP contribution in [0.15, 0.2) is 17.2 Å². The molecule has 1 aromatic rings. The van der Waals surface area contributed by atoms with Gasteiger partial charge in [-0.25, -0.2) is 4.98 Å². The smallest absolute Gasteiger partial charge is 0.254 e. The van der Waals surface area contributed by atoms with Crippen molar-refractivity contribution >= 4 is 11.6 Å². The third-order valence-corrected chi connectivity index (χ3v) is 1.15. The van der Waals surface area contributed by atoms with Gasteiger partial charge in [0.2, 0.25) is 0 Å². The van der Waals surface area contributed by atoms with Crippen LogP contribution in [0.2, 0.25) is 5.15 Å². The highest BCUT2D eigenvalue weighted by molar-refractivity contribution is 6.29. The molecule has 0 aliphatic heterocycles. The molecule has 0 atom stereocenters. The van der Waals surface area contributed by atoms with E-state index in [1.807, 2.05) is 0 Å². The van der Waals surface area contributed by atoms with Gasteiger partial charge < -0.3 is 4.57 Å². The molecule has 1 heterocycles. The van der Waals surface area contributed by atoms with Crippen LogP contribution in [-0.2, 0) is 7.05 Å². The molecular weight excluding hydrogens is 140 g/mol. The summed E-state index contributed by atoms with van der Waals surface area (Å²) in [5, 5.41) is 0.234. The number of halogens is 1. The summed E-state index contributed by atoms with van der Waals surface area (Å²) in [5.74, 6) is 0. The van der Waals surface area contributed by atoms with Crippen LogP contribution in [0.4, 0.5) is 0 Å². The molecule has 0 saturated carbocycles. The molecule has 1 aromatic heterocycles. The lowest BCUT2D eigenvalue weighted by atomic mass is 10.6. The molecule has 0 N–H and O–H groups in total. The van der Waals surface area contributed by atoms with E-state index in [2.05, 4.69) is 4.98 Å². The first kappa shape index (κ1) is 6.29. The van der Waals surface area contributed by atoms with Gasteiger partial charge in [-0.2, -0.15) is 0 Å². The van der Waals surface area contributed by atoms with Gasteiger partial charge in [0.25, 0.3) is 5.56 Å². The second-order valence-corrected chi connectivity index (χ2v) is 2.05. The maximum absolute atomic E-state index is 10.7. The first-order valence-corrected chi connectivity index (χ1v) is 2.76. The van der Waals surface area contributed by atoms with Crippen molar-refractivity contribution < 1.29 is 0 Å². The lowest BCUT2D eigenvalue weighted by Crippen LogP contribution is -2.14. The first-order valence-electron chi connectivity index (χ1n) is 2.38. The van der Waals surface area contributed by atoms with E-state index in [1.54, 1.807) is 7.05 Å². The Morgan fingerprint density at radius 3 is 2.89 bits per heavy atom. The molecule has 0 aliphatic carbocycles. The molecule has 0 unspecified atom stereocenters. The third-order valence-electron chi connectivity index (χ3n) is 0.944. The minimum atomic E-state index is -0.144. The van der Waals surface area contributed by atoms with E-state index < -0.39 is 0 Å². The lowest BCUT2D eigenvalue weighted by Gasteiger charge is -1.91. The maximum atomic E-state index is 10.7. The lowest BCUT2D eigenvalue weighted by molar-refractivity contribution is 0.824. The van der Waals surface area contributed by atoms with Gasteiger partial charge in [0.05, 0.1) is 6.33 Å². The fraction of sp³-hybridized carbons (Fsp3) is 0.200. The topological polar surface area (TPSA) is 34.9 Å². The van der Waals surface area contributed by atoms with Gasteiger partial charge in [-0.05, 0) is 0 Å². The summed E-state index contributed by atoms with van der Waals surface area (Å²) in [4.78, 5) is 14.3. The van der Waals surface area contributed by atoms with E-state index in [9.17, 15) is 4.79 Å². The predicted molar refractivity (Wildman–Crippen MR) is 34.5 cm³/mol. The molecule has 4 heteroatoms. The molecule has 0 fully saturated rings. The minimum Gasteiger partial charge on any atom is -0.302 e. The average molecular weight is 145 g/mol. The number of rotatable bonds is 0.